The molecule has 1 amide bonds. The average molecular weight is 360 g/mol. The van der Waals surface area contributed by atoms with Gasteiger partial charge < -0.3 is 4.74 Å². The normalized spacial score (nSPS) is 10.8. The molecule has 9 nitrogen and oxygen atoms in total. The van der Waals surface area contributed by atoms with Crippen molar-refractivity contribution in [3.8, 4) is 0 Å². The van der Waals surface area contributed by atoms with Crippen LogP contribution in [0.5, 0.6) is 0 Å². The molecule has 0 aromatic carbocycles. The summed E-state index contributed by atoms with van der Waals surface area (Å²) in [5.41, 5.74) is 2.17. The van der Waals surface area contributed by atoms with E-state index >= 15 is 0 Å². The number of ether oxygens (including phenoxy) is 1. The van der Waals surface area contributed by atoms with Crippen molar-refractivity contribution in [1.82, 2.24) is 24.6 Å². The number of rotatable bonds is 5. The molecule has 3 aromatic heterocycles. The van der Waals surface area contributed by atoms with Gasteiger partial charge in [0, 0.05) is 16.8 Å². The molecule has 0 atom stereocenters. The second-order valence-corrected chi connectivity index (χ2v) is 6.12. The molecule has 0 unspecified atom stereocenters. The zero-order valence-corrected chi connectivity index (χ0v) is 14.8. The van der Waals surface area contributed by atoms with Crippen LogP contribution in [0.4, 0.5) is 5.13 Å². The maximum Gasteiger partial charge on any atom is 0.311 e. The molecule has 0 aliphatic heterocycles. The average Bonchev–Trinajstić information content (AvgIpc) is 3.14. The van der Waals surface area contributed by atoms with Gasteiger partial charge in [0.1, 0.15) is 0 Å². The molecule has 0 saturated heterocycles. The summed E-state index contributed by atoms with van der Waals surface area (Å²) < 4.78 is 6.38. The SMILES string of the molecule is CCOC(=O)Cc1csc(NC(=O)c2nc3nc(C)cc(C)n3n2)n1. The Labute approximate surface area is 147 Å². The second kappa shape index (κ2) is 6.93. The predicted molar refractivity (Wildman–Crippen MR) is 90.7 cm³/mol. The number of anilines is 1. The van der Waals surface area contributed by atoms with Crippen molar-refractivity contribution in [2.75, 3.05) is 11.9 Å². The molecule has 3 aromatic rings. The van der Waals surface area contributed by atoms with Crippen molar-refractivity contribution in [3.63, 3.8) is 0 Å². The fraction of sp³-hybridized carbons (Fsp3) is 0.333. The number of esters is 1. The summed E-state index contributed by atoms with van der Waals surface area (Å²) in [7, 11) is 0. The van der Waals surface area contributed by atoms with Gasteiger partial charge in [-0.25, -0.2) is 14.5 Å². The smallest absolute Gasteiger partial charge is 0.311 e. The first-order valence-electron chi connectivity index (χ1n) is 7.58. The molecule has 130 valence electrons. The fourth-order valence-corrected chi connectivity index (χ4v) is 2.93. The molecule has 25 heavy (non-hydrogen) atoms. The lowest BCUT2D eigenvalue weighted by molar-refractivity contribution is -0.142. The van der Waals surface area contributed by atoms with Crippen LogP contribution in [0.25, 0.3) is 5.78 Å². The van der Waals surface area contributed by atoms with Crippen molar-refractivity contribution >= 4 is 34.1 Å². The largest absolute Gasteiger partial charge is 0.466 e. The van der Waals surface area contributed by atoms with Crippen LogP contribution >= 0.6 is 11.3 Å². The third kappa shape index (κ3) is 3.79. The zero-order chi connectivity index (χ0) is 18.0. The molecule has 10 heteroatoms. The topological polar surface area (TPSA) is 111 Å². The molecule has 1 N–H and O–H groups in total. The maximum atomic E-state index is 12.3. The van der Waals surface area contributed by atoms with Crippen LogP contribution in [0.1, 0.15) is 34.6 Å². The highest BCUT2D eigenvalue weighted by Crippen LogP contribution is 2.17. The number of nitrogens with zero attached hydrogens (tertiary/aromatic N) is 5. The Morgan fingerprint density at radius 2 is 2.08 bits per heavy atom. The molecule has 0 fully saturated rings. The Bertz CT molecular complexity index is 948. The molecular weight excluding hydrogens is 344 g/mol. The monoisotopic (exact) mass is 360 g/mol. The van der Waals surface area contributed by atoms with Crippen molar-refractivity contribution in [3.05, 3.63) is 34.4 Å². The van der Waals surface area contributed by atoms with Gasteiger partial charge in [0.05, 0.1) is 18.7 Å². The van der Waals surface area contributed by atoms with Crippen molar-refractivity contribution in [2.45, 2.75) is 27.2 Å². The minimum absolute atomic E-state index is 0.00310. The molecule has 3 rings (SSSR count). The van der Waals surface area contributed by atoms with Gasteiger partial charge in [-0.2, -0.15) is 4.98 Å². The first-order valence-corrected chi connectivity index (χ1v) is 8.46. The van der Waals surface area contributed by atoms with Crippen molar-refractivity contribution in [1.29, 1.82) is 0 Å². The van der Waals surface area contributed by atoms with Gasteiger partial charge in [-0.1, -0.05) is 0 Å². The molecule has 0 saturated carbocycles. The van der Waals surface area contributed by atoms with Gasteiger partial charge in [0.2, 0.25) is 5.82 Å². The third-order valence-corrected chi connectivity index (χ3v) is 4.03. The highest BCUT2D eigenvalue weighted by Gasteiger charge is 2.17. The number of hydrogen-bond donors (Lipinski definition) is 1. The highest BCUT2D eigenvalue weighted by molar-refractivity contribution is 7.14. The lowest BCUT2D eigenvalue weighted by Crippen LogP contribution is -2.14. The van der Waals surface area contributed by atoms with Crippen molar-refractivity contribution < 1.29 is 14.3 Å². The lowest BCUT2D eigenvalue weighted by atomic mass is 10.3. The van der Waals surface area contributed by atoms with E-state index in [4.69, 9.17) is 4.74 Å². The standard InChI is InChI=1S/C15H16N6O3S/c1-4-24-11(22)6-10-7-25-15(17-10)19-13(23)12-18-14-16-8(2)5-9(3)21(14)20-12/h5,7H,4,6H2,1-3H3,(H,17,19,23). The Kier molecular flexibility index (Phi) is 4.70. The van der Waals surface area contributed by atoms with Gasteiger partial charge in [-0.15, -0.1) is 16.4 Å². The van der Waals surface area contributed by atoms with Gasteiger partial charge in [0.25, 0.3) is 11.7 Å². The number of fused-ring (bicyclic) bond motifs is 1. The van der Waals surface area contributed by atoms with E-state index in [0.29, 0.717) is 23.2 Å². The van der Waals surface area contributed by atoms with E-state index in [2.05, 4.69) is 25.4 Å². The van der Waals surface area contributed by atoms with Gasteiger partial charge >= 0.3 is 5.97 Å². The van der Waals surface area contributed by atoms with Crippen LogP contribution in [0.15, 0.2) is 11.4 Å². The van der Waals surface area contributed by atoms with E-state index in [0.717, 1.165) is 11.4 Å². The third-order valence-electron chi connectivity index (χ3n) is 3.22. The van der Waals surface area contributed by atoms with Gasteiger partial charge in [-0.05, 0) is 26.8 Å². The van der Waals surface area contributed by atoms with Crippen LogP contribution in [-0.4, -0.2) is 43.0 Å². The predicted octanol–water partition coefficient (Wildman–Crippen LogP) is 1.56. The van der Waals surface area contributed by atoms with E-state index in [1.54, 1.807) is 12.3 Å². The van der Waals surface area contributed by atoms with Crippen LogP contribution in [0.2, 0.25) is 0 Å². The minimum Gasteiger partial charge on any atom is -0.466 e. The first kappa shape index (κ1) is 17.0. The molecule has 0 aliphatic rings. The van der Waals surface area contributed by atoms with E-state index < -0.39 is 5.91 Å². The minimum atomic E-state index is -0.486. The van der Waals surface area contributed by atoms with Gasteiger partial charge in [0.15, 0.2) is 5.13 Å². The number of nitrogens with one attached hydrogen (secondary N) is 1. The summed E-state index contributed by atoms with van der Waals surface area (Å²) in [6.45, 7) is 5.77. The Morgan fingerprint density at radius 1 is 1.28 bits per heavy atom. The number of carbonyl (C=O) groups excluding carboxylic acids is 2. The van der Waals surface area contributed by atoms with Crippen LogP contribution in [-0.2, 0) is 16.0 Å². The summed E-state index contributed by atoms with van der Waals surface area (Å²) in [4.78, 5) is 36.3. The Hall–Kier alpha value is -2.88. The number of hydrogen-bond acceptors (Lipinski definition) is 8. The van der Waals surface area contributed by atoms with Crippen LogP contribution in [0, 0.1) is 13.8 Å². The Morgan fingerprint density at radius 3 is 2.84 bits per heavy atom. The number of aryl methyl sites for hydroxylation is 2. The molecular formula is C15H16N6O3S. The first-order chi connectivity index (χ1) is 12.0. The Balaban J connectivity index is 1.73. The van der Waals surface area contributed by atoms with E-state index in [1.165, 1.54) is 15.9 Å². The summed E-state index contributed by atoms with van der Waals surface area (Å²) in [5.74, 6) is -0.475. The lowest BCUT2D eigenvalue weighted by Gasteiger charge is -1.98. The van der Waals surface area contributed by atoms with Crippen molar-refractivity contribution in [2.24, 2.45) is 0 Å². The number of thiazole rings is 1. The quantitative estimate of drug-likeness (QED) is 0.687. The summed E-state index contributed by atoms with van der Waals surface area (Å²) in [6, 6.07) is 1.85. The number of amides is 1. The second-order valence-electron chi connectivity index (χ2n) is 5.27. The highest BCUT2D eigenvalue weighted by atomic mass is 32.1. The van der Waals surface area contributed by atoms with E-state index in [1.807, 2.05) is 19.9 Å². The summed E-state index contributed by atoms with van der Waals surface area (Å²) in [6.07, 6.45) is 0.0647. The zero-order valence-electron chi connectivity index (χ0n) is 13.9. The number of carbonyl (C=O) groups is 2. The van der Waals surface area contributed by atoms with Crippen LogP contribution in [0.3, 0.4) is 0 Å². The summed E-state index contributed by atoms with van der Waals surface area (Å²) in [5, 5.41) is 8.85. The molecule has 0 aliphatic carbocycles. The molecule has 3 heterocycles. The summed E-state index contributed by atoms with van der Waals surface area (Å²) >= 11 is 1.22. The molecule has 0 radical (unpaired) electrons. The molecule has 0 bridgehead atoms. The maximum absolute atomic E-state index is 12.3. The van der Waals surface area contributed by atoms with E-state index in [-0.39, 0.29) is 18.2 Å². The van der Waals surface area contributed by atoms with Gasteiger partial charge in [-0.3, -0.25) is 14.9 Å². The van der Waals surface area contributed by atoms with E-state index in [9.17, 15) is 9.59 Å². The molecule has 0 spiro atoms. The van der Waals surface area contributed by atoms with Crippen LogP contribution < -0.4 is 5.32 Å². The number of aromatic nitrogens is 5. The fourth-order valence-electron chi connectivity index (χ4n) is 2.22.